The minimum absolute atomic E-state index is 0.0746. The van der Waals surface area contributed by atoms with Crippen molar-refractivity contribution in [3.8, 4) is 11.5 Å². The first-order chi connectivity index (χ1) is 12.9. The summed E-state index contributed by atoms with van der Waals surface area (Å²) in [5, 5.41) is 11.5. The van der Waals surface area contributed by atoms with Crippen molar-refractivity contribution < 1.29 is 24.2 Å². The lowest BCUT2D eigenvalue weighted by atomic mass is 9.90. The van der Waals surface area contributed by atoms with Crippen LogP contribution < -0.4 is 20.5 Å². The molecule has 1 atom stereocenters. The normalized spacial score (nSPS) is 17.7. The Bertz CT molecular complexity index is 896. The maximum absolute atomic E-state index is 12.3. The monoisotopic (exact) mass is 370 g/mol. The van der Waals surface area contributed by atoms with E-state index in [1.807, 2.05) is 25.1 Å². The van der Waals surface area contributed by atoms with E-state index >= 15 is 0 Å². The van der Waals surface area contributed by atoms with Crippen LogP contribution in [0.5, 0.6) is 11.5 Å². The van der Waals surface area contributed by atoms with Gasteiger partial charge in [0.25, 0.3) is 5.91 Å². The second-order valence-electron chi connectivity index (χ2n) is 6.57. The average Bonchev–Trinajstić information content (AvgIpc) is 3.02. The molecule has 1 aliphatic rings. The lowest BCUT2D eigenvalue weighted by Gasteiger charge is -2.25. The van der Waals surface area contributed by atoms with Gasteiger partial charge < -0.3 is 25.6 Å². The number of fused-ring (bicyclic) bond motifs is 1. The molecule has 0 saturated heterocycles. The first-order valence-electron chi connectivity index (χ1n) is 8.60. The number of nitrogens with two attached hydrogens (primary N) is 1. The second-order valence-corrected chi connectivity index (χ2v) is 6.57. The number of ether oxygens (including phenoxy) is 2. The molecular formula is C20H22N2O5. The first kappa shape index (κ1) is 18.7. The highest BCUT2D eigenvalue weighted by Gasteiger charge is 2.39. The van der Waals surface area contributed by atoms with Crippen LogP contribution in [0, 0.1) is 0 Å². The van der Waals surface area contributed by atoms with Gasteiger partial charge in [0.1, 0.15) is 23.7 Å². The molecule has 7 nitrogen and oxygen atoms in total. The Balaban J connectivity index is 2.01. The molecule has 0 aromatic heterocycles. The molecular weight excluding hydrogens is 348 g/mol. The molecule has 1 unspecified atom stereocenters. The maximum Gasteiger partial charge on any atom is 0.254 e. The Morgan fingerprint density at radius 1 is 1.33 bits per heavy atom. The molecule has 0 saturated carbocycles. The van der Waals surface area contributed by atoms with Crippen LogP contribution in [-0.4, -0.2) is 37.2 Å². The zero-order chi connectivity index (χ0) is 19.6. The van der Waals surface area contributed by atoms with Gasteiger partial charge in [-0.25, -0.2) is 0 Å². The highest BCUT2D eigenvalue weighted by molar-refractivity contribution is 6.01. The third-order valence-electron chi connectivity index (χ3n) is 4.58. The van der Waals surface area contributed by atoms with Gasteiger partial charge in [-0.3, -0.25) is 9.59 Å². The van der Waals surface area contributed by atoms with Crippen LogP contribution >= 0.6 is 0 Å². The molecule has 2 aromatic carbocycles. The zero-order valence-electron chi connectivity index (χ0n) is 15.2. The molecule has 142 valence electrons. The molecule has 0 radical (unpaired) electrons. The van der Waals surface area contributed by atoms with Crippen LogP contribution in [0.25, 0.3) is 0 Å². The Labute approximate surface area is 157 Å². The molecule has 2 aromatic rings. The number of primary amides is 1. The van der Waals surface area contributed by atoms with Gasteiger partial charge in [0.15, 0.2) is 0 Å². The molecule has 1 heterocycles. The number of hydrogen-bond donors (Lipinski definition) is 3. The molecule has 0 aliphatic carbocycles. The van der Waals surface area contributed by atoms with Crippen molar-refractivity contribution in [3.63, 3.8) is 0 Å². The van der Waals surface area contributed by atoms with E-state index in [0.717, 1.165) is 11.1 Å². The summed E-state index contributed by atoms with van der Waals surface area (Å²) in [4.78, 5) is 23.9. The van der Waals surface area contributed by atoms with Gasteiger partial charge in [-0.1, -0.05) is 12.1 Å². The predicted octanol–water partition coefficient (Wildman–Crippen LogP) is 1.37. The molecule has 3 rings (SSSR count). The fourth-order valence-electron chi connectivity index (χ4n) is 3.25. The zero-order valence-corrected chi connectivity index (χ0v) is 15.2. The number of aliphatic hydroxyl groups excluding tert-OH is 1. The van der Waals surface area contributed by atoms with Crippen LogP contribution in [0.1, 0.15) is 38.8 Å². The molecule has 0 spiro atoms. The van der Waals surface area contributed by atoms with Crippen LogP contribution in [0.15, 0.2) is 36.4 Å². The smallest absolute Gasteiger partial charge is 0.254 e. The van der Waals surface area contributed by atoms with Crippen molar-refractivity contribution in [2.45, 2.75) is 18.9 Å². The Morgan fingerprint density at radius 2 is 2.11 bits per heavy atom. The Kier molecular flexibility index (Phi) is 5.05. The van der Waals surface area contributed by atoms with Crippen molar-refractivity contribution in [3.05, 3.63) is 58.7 Å². The number of rotatable bonds is 6. The summed E-state index contributed by atoms with van der Waals surface area (Å²) in [5.74, 6) is 0.116. The van der Waals surface area contributed by atoms with Gasteiger partial charge in [0.2, 0.25) is 5.91 Å². The van der Waals surface area contributed by atoms with Crippen molar-refractivity contribution >= 4 is 11.8 Å². The van der Waals surface area contributed by atoms with E-state index in [1.165, 1.54) is 13.1 Å². The van der Waals surface area contributed by atoms with Crippen LogP contribution in [0.4, 0.5) is 0 Å². The summed E-state index contributed by atoms with van der Waals surface area (Å²) in [6.07, 6.45) is 0.469. The van der Waals surface area contributed by atoms with Crippen LogP contribution in [-0.2, 0) is 12.0 Å². The molecule has 2 amide bonds. The number of hydrogen-bond acceptors (Lipinski definition) is 5. The largest absolute Gasteiger partial charge is 0.491 e. The first-order valence-corrected chi connectivity index (χ1v) is 8.60. The fourth-order valence-corrected chi connectivity index (χ4v) is 3.25. The van der Waals surface area contributed by atoms with E-state index in [2.05, 4.69) is 5.32 Å². The number of aliphatic hydroxyl groups is 1. The standard InChI is InChI=1S/C20H22N2O5/c1-20(14-4-3-5-15(10-14)26-7-6-23)11-13-8-12(18(21)24)9-16(17(13)27-20)19(25)22-2/h3-5,8-10,23H,6-7,11H2,1-2H3,(H2,21,24)(H,22,25). The topological polar surface area (TPSA) is 111 Å². The van der Waals surface area contributed by atoms with Crippen LogP contribution in [0.2, 0.25) is 0 Å². The summed E-state index contributed by atoms with van der Waals surface area (Å²) >= 11 is 0. The molecule has 0 bridgehead atoms. The SMILES string of the molecule is CNC(=O)c1cc(C(N)=O)cc2c1OC(C)(c1cccc(OCCO)c1)C2. The highest BCUT2D eigenvalue weighted by Crippen LogP contribution is 2.44. The van der Waals surface area contributed by atoms with E-state index < -0.39 is 11.5 Å². The van der Waals surface area contributed by atoms with Gasteiger partial charge in [0, 0.05) is 24.6 Å². The third-order valence-corrected chi connectivity index (χ3v) is 4.58. The number of benzene rings is 2. The van der Waals surface area contributed by atoms with Gasteiger partial charge in [0.05, 0.1) is 12.2 Å². The number of amides is 2. The van der Waals surface area contributed by atoms with E-state index in [1.54, 1.807) is 12.1 Å². The highest BCUT2D eigenvalue weighted by atomic mass is 16.5. The van der Waals surface area contributed by atoms with Crippen molar-refractivity contribution in [2.75, 3.05) is 20.3 Å². The van der Waals surface area contributed by atoms with E-state index in [-0.39, 0.29) is 30.2 Å². The maximum atomic E-state index is 12.3. The van der Waals surface area contributed by atoms with Crippen LogP contribution in [0.3, 0.4) is 0 Å². The molecule has 1 aliphatic heterocycles. The average molecular weight is 370 g/mol. The second kappa shape index (κ2) is 7.28. The van der Waals surface area contributed by atoms with Gasteiger partial charge in [-0.05, 0) is 36.8 Å². The van der Waals surface area contributed by atoms with Gasteiger partial charge >= 0.3 is 0 Å². The van der Waals surface area contributed by atoms with Gasteiger partial charge in [-0.2, -0.15) is 0 Å². The van der Waals surface area contributed by atoms with E-state index in [4.69, 9.17) is 20.3 Å². The number of nitrogens with one attached hydrogen (secondary N) is 1. The summed E-state index contributed by atoms with van der Waals surface area (Å²) in [5.41, 5.74) is 6.82. The molecule has 7 heteroatoms. The minimum Gasteiger partial charge on any atom is -0.491 e. The van der Waals surface area contributed by atoms with Crippen molar-refractivity contribution in [1.82, 2.24) is 5.32 Å². The summed E-state index contributed by atoms with van der Waals surface area (Å²) in [6, 6.07) is 10.5. The molecule has 27 heavy (non-hydrogen) atoms. The Morgan fingerprint density at radius 3 is 2.78 bits per heavy atom. The molecule has 0 fully saturated rings. The fraction of sp³-hybridized carbons (Fsp3) is 0.300. The lowest BCUT2D eigenvalue weighted by Crippen LogP contribution is -2.27. The lowest BCUT2D eigenvalue weighted by molar-refractivity contribution is 0.0934. The predicted molar refractivity (Wildman–Crippen MR) is 99.1 cm³/mol. The number of carbonyl (C=O) groups is 2. The summed E-state index contributed by atoms with van der Waals surface area (Å²) in [7, 11) is 1.52. The molecule has 4 N–H and O–H groups in total. The quantitative estimate of drug-likeness (QED) is 0.711. The van der Waals surface area contributed by atoms with E-state index in [9.17, 15) is 9.59 Å². The Hall–Kier alpha value is -3.06. The van der Waals surface area contributed by atoms with E-state index in [0.29, 0.717) is 17.9 Å². The summed E-state index contributed by atoms with van der Waals surface area (Å²) < 4.78 is 11.7. The third kappa shape index (κ3) is 3.59. The minimum atomic E-state index is -0.736. The number of carbonyl (C=O) groups excluding carboxylic acids is 2. The van der Waals surface area contributed by atoms with Crippen molar-refractivity contribution in [1.29, 1.82) is 0 Å². The van der Waals surface area contributed by atoms with Crippen molar-refractivity contribution in [2.24, 2.45) is 5.73 Å². The van der Waals surface area contributed by atoms with Gasteiger partial charge in [-0.15, -0.1) is 0 Å². The summed E-state index contributed by atoms with van der Waals surface area (Å²) in [6.45, 7) is 2.04.